The second-order valence-corrected chi connectivity index (χ2v) is 4.80. The molecule has 1 unspecified atom stereocenters. The van der Waals surface area contributed by atoms with Gasteiger partial charge in [0.25, 0.3) is 0 Å². The highest BCUT2D eigenvalue weighted by Crippen LogP contribution is 2.24. The standard InChI is InChI=1S/C11H19F4N3O/c1-8(6-16)9(19)18-4-2-17(3-5-18)7-11(14,15)10(12)13/h8,10H,2-7,16H2,1H3. The van der Waals surface area contributed by atoms with Gasteiger partial charge in [-0.25, -0.2) is 8.78 Å². The van der Waals surface area contributed by atoms with Gasteiger partial charge < -0.3 is 10.6 Å². The Morgan fingerprint density at radius 3 is 2.21 bits per heavy atom. The van der Waals surface area contributed by atoms with Gasteiger partial charge in [0.15, 0.2) is 0 Å². The van der Waals surface area contributed by atoms with Crippen molar-refractivity contribution in [2.24, 2.45) is 11.7 Å². The Labute approximate surface area is 109 Å². The Bertz CT molecular complexity index is 306. The summed E-state index contributed by atoms with van der Waals surface area (Å²) in [6.07, 6.45) is -3.66. The van der Waals surface area contributed by atoms with Crippen LogP contribution in [0.5, 0.6) is 0 Å². The van der Waals surface area contributed by atoms with Gasteiger partial charge in [0.2, 0.25) is 5.91 Å². The van der Waals surface area contributed by atoms with Crippen molar-refractivity contribution in [3.63, 3.8) is 0 Å². The summed E-state index contributed by atoms with van der Waals surface area (Å²) in [4.78, 5) is 14.6. The quantitative estimate of drug-likeness (QED) is 0.754. The summed E-state index contributed by atoms with van der Waals surface area (Å²) in [5.74, 6) is -4.44. The van der Waals surface area contributed by atoms with Crippen LogP contribution in [0.3, 0.4) is 0 Å². The minimum Gasteiger partial charge on any atom is -0.340 e. The molecule has 0 saturated carbocycles. The highest BCUT2D eigenvalue weighted by Gasteiger charge is 2.42. The van der Waals surface area contributed by atoms with Gasteiger partial charge in [-0.1, -0.05) is 6.92 Å². The van der Waals surface area contributed by atoms with Crippen LogP contribution >= 0.6 is 0 Å². The molecule has 8 heteroatoms. The first-order valence-corrected chi connectivity index (χ1v) is 6.15. The second kappa shape index (κ2) is 6.51. The van der Waals surface area contributed by atoms with Crippen molar-refractivity contribution in [1.82, 2.24) is 9.80 Å². The van der Waals surface area contributed by atoms with Crippen LogP contribution in [0.15, 0.2) is 0 Å². The van der Waals surface area contributed by atoms with Crippen LogP contribution in [0.4, 0.5) is 17.6 Å². The first-order chi connectivity index (χ1) is 8.77. The van der Waals surface area contributed by atoms with E-state index in [0.29, 0.717) is 0 Å². The van der Waals surface area contributed by atoms with Gasteiger partial charge >= 0.3 is 12.3 Å². The Morgan fingerprint density at radius 2 is 1.79 bits per heavy atom. The Hall–Kier alpha value is -0.890. The average Bonchev–Trinajstić information content (AvgIpc) is 2.37. The smallest absolute Gasteiger partial charge is 0.319 e. The Balaban J connectivity index is 2.43. The summed E-state index contributed by atoms with van der Waals surface area (Å²) in [6, 6.07) is 0. The third-order valence-electron chi connectivity index (χ3n) is 3.21. The molecule has 1 heterocycles. The van der Waals surface area contributed by atoms with Crippen molar-refractivity contribution >= 4 is 5.91 Å². The molecule has 1 amide bonds. The molecule has 0 aromatic heterocycles. The zero-order valence-corrected chi connectivity index (χ0v) is 10.8. The van der Waals surface area contributed by atoms with Crippen molar-refractivity contribution in [1.29, 1.82) is 0 Å². The lowest BCUT2D eigenvalue weighted by molar-refractivity contribution is -0.149. The minimum atomic E-state index is -4.00. The molecule has 112 valence electrons. The van der Waals surface area contributed by atoms with Crippen LogP contribution in [0.25, 0.3) is 0 Å². The lowest BCUT2D eigenvalue weighted by Crippen LogP contribution is -2.53. The number of carbonyl (C=O) groups excluding carboxylic acids is 1. The van der Waals surface area contributed by atoms with Crippen LogP contribution < -0.4 is 5.73 Å². The number of hydrogen-bond donors (Lipinski definition) is 1. The third kappa shape index (κ3) is 4.31. The second-order valence-electron chi connectivity index (χ2n) is 4.80. The maximum atomic E-state index is 12.9. The van der Waals surface area contributed by atoms with Crippen molar-refractivity contribution in [3.8, 4) is 0 Å². The predicted octanol–water partition coefficient (Wildman–Crippen LogP) is 0.626. The third-order valence-corrected chi connectivity index (χ3v) is 3.21. The van der Waals surface area contributed by atoms with Crippen molar-refractivity contribution < 1.29 is 22.4 Å². The molecular formula is C11H19F4N3O. The number of nitrogens with two attached hydrogens (primary N) is 1. The first kappa shape index (κ1) is 16.2. The fourth-order valence-electron chi connectivity index (χ4n) is 1.91. The molecule has 0 radical (unpaired) electrons. The first-order valence-electron chi connectivity index (χ1n) is 6.15. The van der Waals surface area contributed by atoms with Gasteiger partial charge in [0, 0.05) is 38.6 Å². The molecule has 0 spiro atoms. The lowest BCUT2D eigenvalue weighted by atomic mass is 10.1. The summed E-state index contributed by atoms with van der Waals surface area (Å²) in [7, 11) is 0. The summed E-state index contributed by atoms with van der Waals surface area (Å²) < 4.78 is 49.9. The van der Waals surface area contributed by atoms with E-state index in [0.717, 1.165) is 0 Å². The molecule has 0 aromatic rings. The van der Waals surface area contributed by atoms with Crippen LogP contribution in [0.2, 0.25) is 0 Å². The van der Waals surface area contributed by atoms with Crippen LogP contribution in [0, 0.1) is 5.92 Å². The molecule has 1 rings (SSSR count). The van der Waals surface area contributed by atoms with E-state index in [1.54, 1.807) is 6.92 Å². The molecule has 0 aromatic carbocycles. The molecule has 4 nitrogen and oxygen atoms in total. The number of halogens is 4. The predicted molar refractivity (Wildman–Crippen MR) is 62.2 cm³/mol. The maximum absolute atomic E-state index is 12.9. The maximum Gasteiger partial charge on any atom is 0.319 e. The number of nitrogens with zero attached hydrogens (tertiary/aromatic N) is 2. The van der Waals surface area contributed by atoms with E-state index < -0.39 is 18.9 Å². The SMILES string of the molecule is CC(CN)C(=O)N1CCN(CC(F)(F)C(F)F)CC1. The van der Waals surface area contributed by atoms with E-state index in [4.69, 9.17) is 5.73 Å². The fraction of sp³-hybridized carbons (Fsp3) is 0.909. The Kier molecular flexibility index (Phi) is 5.54. The van der Waals surface area contributed by atoms with Gasteiger partial charge in [-0.15, -0.1) is 0 Å². The molecule has 1 saturated heterocycles. The molecule has 1 fully saturated rings. The fourth-order valence-corrected chi connectivity index (χ4v) is 1.91. The number of carbonyl (C=O) groups is 1. The minimum absolute atomic E-state index is 0.122. The van der Waals surface area contributed by atoms with E-state index >= 15 is 0 Å². The molecule has 1 atom stereocenters. The van der Waals surface area contributed by atoms with Gasteiger partial charge in [0.05, 0.1) is 6.54 Å². The summed E-state index contributed by atoms with van der Waals surface area (Å²) in [6.45, 7) is 1.82. The van der Waals surface area contributed by atoms with E-state index in [2.05, 4.69) is 0 Å². The topological polar surface area (TPSA) is 49.6 Å². The van der Waals surface area contributed by atoms with Crippen molar-refractivity contribution in [3.05, 3.63) is 0 Å². The van der Waals surface area contributed by atoms with Gasteiger partial charge in [-0.3, -0.25) is 9.69 Å². The average molecular weight is 285 g/mol. The van der Waals surface area contributed by atoms with Crippen LogP contribution in [0.1, 0.15) is 6.92 Å². The van der Waals surface area contributed by atoms with Crippen LogP contribution in [-0.2, 0) is 4.79 Å². The summed E-state index contributed by atoms with van der Waals surface area (Å²) in [5.41, 5.74) is 5.38. The number of rotatable bonds is 5. The zero-order chi connectivity index (χ0) is 14.6. The highest BCUT2D eigenvalue weighted by atomic mass is 19.3. The highest BCUT2D eigenvalue weighted by molar-refractivity contribution is 5.78. The van der Waals surface area contributed by atoms with E-state index in [1.807, 2.05) is 0 Å². The number of piperazine rings is 1. The lowest BCUT2D eigenvalue weighted by Gasteiger charge is -2.37. The van der Waals surface area contributed by atoms with Crippen molar-refractivity contribution in [2.75, 3.05) is 39.3 Å². The molecule has 0 aliphatic carbocycles. The molecule has 1 aliphatic heterocycles. The molecule has 1 aliphatic rings. The van der Waals surface area contributed by atoms with Crippen molar-refractivity contribution in [2.45, 2.75) is 19.3 Å². The van der Waals surface area contributed by atoms with Gasteiger partial charge in [0.1, 0.15) is 0 Å². The van der Waals surface area contributed by atoms with E-state index in [9.17, 15) is 22.4 Å². The summed E-state index contributed by atoms with van der Waals surface area (Å²) >= 11 is 0. The zero-order valence-electron chi connectivity index (χ0n) is 10.8. The number of amides is 1. The summed E-state index contributed by atoms with van der Waals surface area (Å²) in [5, 5.41) is 0. The number of hydrogen-bond acceptors (Lipinski definition) is 3. The molecule has 0 bridgehead atoms. The van der Waals surface area contributed by atoms with Gasteiger partial charge in [-0.2, -0.15) is 8.78 Å². The monoisotopic (exact) mass is 285 g/mol. The van der Waals surface area contributed by atoms with E-state index in [-0.39, 0.29) is 44.5 Å². The Morgan fingerprint density at radius 1 is 1.26 bits per heavy atom. The molecular weight excluding hydrogens is 266 g/mol. The normalized spacial score (nSPS) is 19.8. The number of alkyl halides is 4. The van der Waals surface area contributed by atoms with E-state index in [1.165, 1.54) is 9.80 Å². The molecule has 2 N–H and O–H groups in total. The van der Waals surface area contributed by atoms with Gasteiger partial charge in [-0.05, 0) is 0 Å². The molecule has 19 heavy (non-hydrogen) atoms. The largest absolute Gasteiger partial charge is 0.340 e. The van der Waals surface area contributed by atoms with Crippen LogP contribution in [-0.4, -0.2) is 67.3 Å².